The van der Waals surface area contributed by atoms with Crippen molar-refractivity contribution in [3.63, 3.8) is 0 Å². The second kappa shape index (κ2) is 9.60. The van der Waals surface area contributed by atoms with Gasteiger partial charge in [0.15, 0.2) is 0 Å². The lowest BCUT2D eigenvalue weighted by atomic mass is 10.1. The highest BCUT2D eigenvalue weighted by Gasteiger charge is 2.24. The lowest BCUT2D eigenvalue weighted by Crippen LogP contribution is -2.37. The monoisotopic (exact) mass is 400 g/mol. The minimum absolute atomic E-state index is 0.113. The number of benzene rings is 2. The van der Waals surface area contributed by atoms with Crippen molar-refractivity contribution in [2.75, 3.05) is 33.3 Å². The summed E-state index contributed by atoms with van der Waals surface area (Å²) < 4.78 is 5.31. The highest BCUT2D eigenvalue weighted by molar-refractivity contribution is 6.31. The SMILES string of the molecule is COc1ccc(Cl)cc1C(=O)N1CCCN(C(=O)CCc2ccccc2)CC1. The largest absolute Gasteiger partial charge is 0.496 e. The van der Waals surface area contributed by atoms with Crippen LogP contribution in [0.15, 0.2) is 48.5 Å². The van der Waals surface area contributed by atoms with Crippen LogP contribution in [0.5, 0.6) is 5.75 Å². The number of amides is 2. The van der Waals surface area contributed by atoms with Gasteiger partial charge in [-0.3, -0.25) is 9.59 Å². The van der Waals surface area contributed by atoms with Crippen LogP contribution < -0.4 is 4.74 Å². The molecule has 0 aromatic heterocycles. The van der Waals surface area contributed by atoms with E-state index in [1.54, 1.807) is 23.1 Å². The molecule has 6 heteroatoms. The summed E-state index contributed by atoms with van der Waals surface area (Å²) in [6.07, 6.45) is 1.98. The van der Waals surface area contributed by atoms with Gasteiger partial charge in [0.1, 0.15) is 5.75 Å². The molecule has 0 radical (unpaired) electrons. The van der Waals surface area contributed by atoms with Crippen LogP contribution >= 0.6 is 11.6 Å². The number of methoxy groups -OCH3 is 1. The zero-order valence-corrected chi connectivity index (χ0v) is 16.8. The van der Waals surface area contributed by atoms with Gasteiger partial charge < -0.3 is 14.5 Å². The first-order chi connectivity index (χ1) is 13.6. The Morgan fingerprint density at radius 1 is 1.00 bits per heavy atom. The number of aryl methyl sites for hydroxylation is 1. The number of carbonyl (C=O) groups is 2. The Morgan fingerprint density at radius 3 is 2.46 bits per heavy atom. The second-order valence-corrected chi connectivity index (χ2v) is 7.29. The molecule has 5 nitrogen and oxygen atoms in total. The predicted octanol–water partition coefficient (Wildman–Crippen LogP) is 3.66. The fourth-order valence-electron chi connectivity index (χ4n) is 3.44. The summed E-state index contributed by atoms with van der Waals surface area (Å²) in [7, 11) is 1.54. The van der Waals surface area contributed by atoms with Crippen LogP contribution in [0.1, 0.15) is 28.8 Å². The minimum atomic E-state index is -0.113. The summed E-state index contributed by atoms with van der Waals surface area (Å²) in [5.41, 5.74) is 1.62. The first kappa shape index (κ1) is 20.2. The van der Waals surface area contributed by atoms with Crippen molar-refractivity contribution in [1.29, 1.82) is 0 Å². The third-order valence-electron chi connectivity index (χ3n) is 5.00. The van der Waals surface area contributed by atoms with Crippen LogP contribution in [0, 0.1) is 0 Å². The molecule has 1 fully saturated rings. The predicted molar refractivity (Wildman–Crippen MR) is 110 cm³/mol. The van der Waals surface area contributed by atoms with Gasteiger partial charge in [0.2, 0.25) is 5.91 Å². The summed E-state index contributed by atoms with van der Waals surface area (Å²) in [5, 5.41) is 0.497. The van der Waals surface area contributed by atoms with Crippen LogP contribution in [0.2, 0.25) is 5.02 Å². The highest BCUT2D eigenvalue weighted by Crippen LogP contribution is 2.24. The van der Waals surface area contributed by atoms with Gasteiger partial charge in [-0.2, -0.15) is 0 Å². The smallest absolute Gasteiger partial charge is 0.257 e. The van der Waals surface area contributed by atoms with E-state index < -0.39 is 0 Å². The molecule has 0 aliphatic carbocycles. The molecule has 0 N–H and O–H groups in total. The average Bonchev–Trinajstić information content (AvgIpc) is 2.98. The Morgan fingerprint density at radius 2 is 1.71 bits per heavy atom. The van der Waals surface area contributed by atoms with Crippen molar-refractivity contribution in [3.05, 3.63) is 64.7 Å². The van der Waals surface area contributed by atoms with Crippen molar-refractivity contribution in [2.24, 2.45) is 0 Å². The average molecular weight is 401 g/mol. The fraction of sp³-hybridized carbons (Fsp3) is 0.364. The summed E-state index contributed by atoms with van der Waals surface area (Å²) >= 11 is 6.06. The molecule has 2 amide bonds. The third-order valence-corrected chi connectivity index (χ3v) is 5.23. The molecule has 2 aromatic carbocycles. The normalized spacial score (nSPS) is 14.5. The van der Waals surface area contributed by atoms with E-state index >= 15 is 0 Å². The maximum absolute atomic E-state index is 13.0. The summed E-state index contributed by atoms with van der Waals surface area (Å²) in [4.78, 5) is 29.2. The van der Waals surface area contributed by atoms with E-state index in [1.807, 2.05) is 35.2 Å². The fourth-order valence-corrected chi connectivity index (χ4v) is 3.61. The maximum Gasteiger partial charge on any atom is 0.257 e. The van der Waals surface area contributed by atoms with Gasteiger partial charge in [0.05, 0.1) is 12.7 Å². The molecule has 0 saturated carbocycles. The number of ether oxygens (including phenoxy) is 1. The van der Waals surface area contributed by atoms with E-state index in [0.29, 0.717) is 48.9 Å². The summed E-state index contributed by atoms with van der Waals surface area (Å²) in [6.45, 7) is 2.33. The topological polar surface area (TPSA) is 49.9 Å². The molecule has 0 atom stereocenters. The van der Waals surface area contributed by atoms with Gasteiger partial charge in [-0.15, -0.1) is 0 Å². The van der Waals surface area contributed by atoms with E-state index in [1.165, 1.54) is 7.11 Å². The van der Waals surface area contributed by atoms with Gasteiger partial charge >= 0.3 is 0 Å². The molecule has 1 aliphatic rings. The third kappa shape index (κ3) is 5.04. The van der Waals surface area contributed by atoms with E-state index in [4.69, 9.17) is 16.3 Å². The van der Waals surface area contributed by atoms with Crippen molar-refractivity contribution in [2.45, 2.75) is 19.3 Å². The first-order valence-electron chi connectivity index (χ1n) is 9.53. The molecule has 1 saturated heterocycles. The lowest BCUT2D eigenvalue weighted by Gasteiger charge is -2.23. The van der Waals surface area contributed by atoms with Crippen LogP contribution in [-0.4, -0.2) is 54.9 Å². The molecular formula is C22H25ClN2O3. The number of rotatable bonds is 5. The number of nitrogens with zero attached hydrogens (tertiary/aromatic N) is 2. The number of halogens is 1. The Hall–Kier alpha value is -2.53. The standard InChI is InChI=1S/C22H25ClN2O3/c1-28-20-10-9-18(23)16-19(20)22(27)25-13-5-12-24(14-15-25)21(26)11-8-17-6-3-2-4-7-17/h2-4,6-7,9-10,16H,5,8,11-15H2,1H3. The van der Waals surface area contributed by atoms with Crippen LogP contribution in [0.3, 0.4) is 0 Å². The van der Waals surface area contributed by atoms with Gasteiger partial charge in [-0.25, -0.2) is 0 Å². The lowest BCUT2D eigenvalue weighted by molar-refractivity contribution is -0.131. The zero-order valence-electron chi connectivity index (χ0n) is 16.1. The number of hydrogen-bond acceptors (Lipinski definition) is 3. The summed E-state index contributed by atoms with van der Waals surface area (Å²) in [5.74, 6) is 0.533. The van der Waals surface area contributed by atoms with Crippen molar-refractivity contribution in [1.82, 2.24) is 9.80 Å². The minimum Gasteiger partial charge on any atom is -0.496 e. The van der Waals surface area contributed by atoms with Gasteiger partial charge in [0.25, 0.3) is 5.91 Å². The van der Waals surface area contributed by atoms with Crippen LogP contribution in [0.4, 0.5) is 0 Å². The highest BCUT2D eigenvalue weighted by atomic mass is 35.5. The van der Waals surface area contributed by atoms with Gasteiger partial charge in [-0.05, 0) is 36.6 Å². The molecule has 2 aromatic rings. The molecule has 1 aliphatic heterocycles. The molecule has 0 unspecified atom stereocenters. The molecule has 28 heavy (non-hydrogen) atoms. The van der Waals surface area contributed by atoms with Gasteiger partial charge in [0, 0.05) is 37.6 Å². The molecule has 1 heterocycles. The Labute approximate surface area is 170 Å². The maximum atomic E-state index is 13.0. The van der Waals surface area contributed by atoms with Crippen molar-refractivity contribution < 1.29 is 14.3 Å². The van der Waals surface area contributed by atoms with E-state index in [2.05, 4.69) is 0 Å². The summed E-state index contributed by atoms with van der Waals surface area (Å²) in [6, 6.07) is 15.1. The zero-order chi connectivity index (χ0) is 19.9. The van der Waals surface area contributed by atoms with E-state index in [-0.39, 0.29) is 11.8 Å². The Balaban J connectivity index is 1.59. The van der Waals surface area contributed by atoms with Crippen LogP contribution in [-0.2, 0) is 11.2 Å². The Bertz CT molecular complexity index is 826. The molecular weight excluding hydrogens is 376 g/mol. The Kier molecular flexibility index (Phi) is 6.93. The number of hydrogen-bond donors (Lipinski definition) is 0. The molecule has 0 spiro atoms. The first-order valence-corrected chi connectivity index (χ1v) is 9.91. The quantitative estimate of drug-likeness (QED) is 0.769. The van der Waals surface area contributed by atoms with Crippen molar-refractivity contribution >= 4 is 23.4 Å². The van der Waals surface area contributed by atoms with E-state index in [0.717, 1.165) is 18.4 Å². The van der Waals surface area contributed by atoms with Gasteiger partial charge in [-0.1, -0.05) is 41.9 Å². The van der Waals surface area contributed by atoms with E-state index in [9.17, 15) is 9.59 Å². The van der Waals surface area contributed by atoms with Crippen LogP contribution in [0.25, 0.3) is 0 Å². The molecule has 3 rings (SSSR count). The number of carbonyl (C=O) groups excluding carboxylic acids is 2. The molecule has 148 valence electrons. The molecule has 0 bridgehead atoms. The van der Waals surface area contributed by atoms with Crippen molar-refractivity contribution in [3.8, 4) is 5.75 Å². The second-order valence-electron chi connectivity index (χ2n) is 6.86.